The predicted octanol–water partition coefficient (Wildman–Crippen LogP) is 5.59. The van der Waals surface area contributed by atoms with Gasteiger partial charge in [0, 0.05) is 25.0 Å². The van der Waals surface area contributed by atoms with Gasteiger partial charge in [-0.1, -0.05) is 60.7 Å². The zero-order chi connectivity index (χ0) is 25.7. The third-order valence-corrected chi connectivity index (χ3v) is 5.70. The van der Waals surface area contributed by atoms with Gasteiger partial charge in [-0.3, -0.25) is 0 Å². The topological polar surface area (TPSA) is 72.5 Å². The lowest BCUT2D eigenvalue weighted by molar-refractivity contribution is 0.0299. The van der Waals surface area contributed by atoms with E-state index in [9.17, 15) is 4.79 Å². The van der Waals surface area contributed by atoms with Crippen LogP contribution in [0, 0.1) is 0 Å². The van der Waals surface area contributed by atoms with Gasteiger partial charge in [-0.2, -0.15) is 0 Å². The molecule has 0 aliphatic heterocycles. The molecule has 0 saturated carbocycles. The largest absolute Gasteiger partial charge is 0.508 e. The van der Waals surface area contributed by atoms with Crippen molar-refractivity contribution in [1.82, 2.24) is 0 Å². The van der Waals surface area contributed by atoms with Gasteiger partial charge in [0.1, 0.15) is 0 Å². The summed E-state index contributed by atoms with van der Waals surface area (Å²) in [4.78, 5) is 12.2. The molecule has 2 atom stereocenters. The Hall–Kier alpha value is -2.45. The minimum atomic E-state index is -0.650. The van der Waals surface area contributed by atoms with E-state index in [0.717, 1.165) is 11.1 Å². The highest BCUT2D eigenvalue weighted by molar-refractivity contribution is 5.59. The fraction of sp³-hybridized carbons (Fsp3) is 0.552. The Bertz CT molecular complexity index is 719. The number of ether oxygens (including phenoxy) is 6. The Balaban J connectivity index is 1.73. The predicted molar refractivity (Wildman–Crippen MR) is 140 cm³/mol. The number of carbonyl (C=O) groups is 1. The first kappa shape index (κ1) is 29.8. The summed E-state index contributed by atoms with van der Waals surface area (Å²) in [6.07, 6.45) is 0.644. The van der Waals surface area contributed by atoms with Crippen molar-refractivity contribution in [2.75, 3.05) is 66.1 Å². The first-order chi connectivity index (χ1) is 17.7. The van der Waals surface area contributed by atoms with Crippen LogP contribution in [0.15, 0.2) is 60.7 Å². The van der Waals surface area contributed by atoms with E-state index in [1.54, 1.807) is 0 Å². The average Bonchev–Trinajstić information content (AvgIpc) is 2.92. The zero-order valence-corrected chi connectivity index (χ0v) is 21.8. The van der Waals surface area contributed by atoms with Crippen molar-refractivity contribution >= 4 is 6.16 Å². The van der Waals surface area contributed by atoms with Crippen molar-refractivity contribution in [1.29, 1.82) is 0 Å². The van der Waals surface area contributed by atoms with Gasteiger partial charge in [-0.15, -0.1) is 0 Å². The average molecular weight is 503 g/mol. The minimum absolute atomic E-state index is 0.122. The van der Waals surface area contributed by atoms with Crippen LogP contribution in [-0.2, 0) is 28.4 Å². The van der Waals surface area contributed by atoms with Crippen molar-refractivity contribution in [3.63, 3.8) is 0 Å². The van der Waals surface area contributed by atoms with Crippen LogP contribution in [0.3, 0.4) is 0 Å². The maximum atomic E-state index is 12.2. The van der Waals surface area contributed by atoms with Crippen LogP contribution >= 0.6 is 0 Å². The molecule has 2 aromatic rings. The molecular formula is C29H42O7. The summed E-state index contributed by atoms with van der Waals surface area (Å²) >= 11 is 0. The quantitative estimate of drug-likeness (QED) is 0.173. The lowest BCUT2D eigenvalue weighted by Gasteiger charge is -2.19. The van der Waals surface area contributed by atoms with Gasteiger partial charge in [0.25, 0.3) is 0 Å². The van der Waals surface area contributed by atoms with Crippen LogP contribution in [0.5, 0.6) is 0 Å². The maximum Gasteiger partial charge on any atom is 0.508 e. The molecule has 0 fully saturated rings. The van der Waals surface area contributed by atoms with E-state index < -0.39 is 6.16 Å². The third kappa shape index (κ3) is 13.0. The molecule has 7 heteroatoms. The second-order valence-corrected chi connectivity index (χ2v) is 8.28. The number of rotatable bonds is 20. The van der Waals surface area contributed by atoms with Crippen LogP contribution in [-0.4, -0.2) is 72.2 Å². The molecule has 0 bridgehead atoms. The lowest BCUT2D eigenvalue weighted by Crippen LogP contribution is -2.17. The number of hydrogen-bond donors (Lipinski definition) is 0. The summed E-state index contributed by atoms with van der Waals surface area (Å²) in [7, 11) is 0. The molecule has 200 valence electrons. The Morgan fingerprint density at radius 2 is 0.972 bits per heavy atom. The van der Waals surface area contributed by atoms with E-state index in [4.69, 9.17) is 28.4 Å². The van der Waals surface area contributed by atoms with E-state index >= 15 is 0 Å². The molecule has 0 amide bonds. The maximum absolute atomic E-state index is 12.2. The monoisotopic (exact) mass is 502 g/mol. The van der Waals surface area contributed by atoms with Crippen LogP contribution in [0.1, 0.15) is 49.7 Å². The third-order valence-electron chi connectivity index (χ3n) is 5.70. The van der Waals surface area contributed by atoms with E-state index in [1.807, 2.05) is 50.2 Å². The first-order valence-corrected chi connectivity index (χ1v) is 12.9. The molecule has 36 heavy (non-hydrogen) atoms. The van der Waals surface area contributed by atoms with Gasteiger partial charge >= 0.3 is 6.16 Å². The Labute approximate surface area is 216 Å². The van der Waals surface area contributed by atoms with E-state index in [0.29, 0.717) is 65.7 Å². The molecular weight excluding hydrogens is 460 g/mol. The minimum Gasteiger partial charge on any atom is -0.434 e. The second kappa shape index (κ2) is 19.7. The second-order valence-electron chi connectivity index (χ2n) is 8.28. The fourth-order valence-electron chi connectivity index (χ4n) is 3.73. The fourth-order valence-corrected chi connectivity index (χ4v) is 3.73. The lowest BCUT2D eigenvalue weighted by atomic mass is 9.97. The molecule has 2 unspecified atom stereocenters. The normalized spacial score (nSPS) is 12.7. The Morgan fingerprint density at radius 1 is 0.583 bits per heavy atom. The van der Waals surface area contributed by atoms with Gasteiger partial charge in [0.2, 0.25) is 0 Å². The van der Waals surface area contributed by atoms with Crippen molar-refractivity contribution in [3.05, 3.63) is 71.8 Å². The van der Waals surface area contributed by atoms with Crippen molar-refractivity contribution in [3.8, 4) is 0 Å². The SMILES string of the molecule is CCOCCOCC(CCOC(=O)OCCC(COCCOCC)c1ccccc1)c1ccccc1. The summed E-state index contributed by atoms with van der Waals surface area (Å²) in [6, 6.07) is 20.2. The molecule has 7 nitrogen and oxygen atoms in total. The van der Waals surface area contributed by atoms with Gasteiger partial charge in [0.05, 0.1) is 52.9 Å². The zero-order valence-electron chi connectivity index (χ0n) is 21.8. The van der Waals surface area contributed by atoms with E-state index in [1.165, 1.54) is 0 Å². The highest BCUT2D eigenvalue weighted by Crippen LogP contribution is 2.21. The molecule has 0 aliphatic carbocycles. The van der Waals surface area contributed by atoms with Crippen LogP contribution in [0.4, 0.5) is 4.79 Å². The van der Waals surface area contributed by atoms with Crippen LogP contribution in [0.25, 0.3) is 0 Å². The molecule has 0 aliphatic rings. The van der Waals surface area contributed by atoms with Gasteiger partial charge in [0.15, 0.2) is 0 Å². The van der Waals surface area contributed by atoms with Crippen molar-refractivity contribution in [2.45, 2.75) is 38.5 Å². The standard InChI is InChI=1S/C29H42O7/c1-3-31-19-21-33-23-27(25-11-7-5-8-12-25)15-17-35-29(30)36-18-16-28(24-34-22-20-32-4-2)26-13-9-6-10-14-26/h5-14,27-28H,3-4,15-24H2,1-2H3. The first-order valence-electron chi connectivity index (χ1n) is 12.9. The Kier molecular flexibility index (Phi) is 16.3. The smallest absolute Gasteiger partial charge is 0.434 e. The highest BCUT2D eigenvalue weighted by atomic mass is 16.7. The summed E-state index contributed by atoms with van der Waals surface area (Å²) in [5.41, 5.74) is 2.31. The molecule has 0 spiro atoms. The van der Waals surface area contributed by atoms with Gasteiger partial charge < -0.3 is 28.4 Å². The van der Waals surface area contributed by atoms with E-state index in [2.05, 4.69) is 24.3 Å². The van der Waals surface area contributed by atoms with Gasteiger partial charge in [-0.25, -0.2) is 4.79 Å². The highest BCUT2D eigenvalue weighted by Gasteiger charge is 2.16. The molecule has 0 N–H and O–H groups in total. The molecule has 0 aromatic heterocycles. The number of carbonyl (C=O) groups excluding carboxylic acids is 1. The molecule has 2 aromatic carbocycles. The Morgan fingerprint density at radius 3 is 1.36 bits per heavy atom. The van der Waals surface area contributed by atoms with Crippen molar-refractivity contribution < 1.29 is 33.2 Å². The number of benzene rings is 2. The summed E-state index contributed by atoms with van der Waals surface area (Å²) in [5, 5.41) is 0. The van der Waals surface area contributed by atoms with Gasteiger partial charge in [-0.05, 0) is 37.8 Å². The summed E-state index contributed by atoms with van der Waals surface area (Å²) in [5.74, 6) is 0.244. The van der Waals surface area contributed by atoms with E-state index in [-0.39, 0.29) is 25.0 Å². The molecule has 0 saturated heterocycles. The summed E-state index contributed by atoms with van der Waals surface area (Å²) < 4.78 is 32.9. The molecule has 0 radical (unpaired) electrons. The van der Waals surface area contributed by atoms with Crippen molar-refractivity contribution in [2.24, 2.45) is 0 Å². The van der Waals surface area contributed by atoms with Crippen LogP contribution in [0.2, 0.25) is 0 Å². The number of hydrogen-bond acceptors (Lipinski definition) is 7. The summed E-state index contributed by atoms with van der Waals surface area (Å²) in [6.45, 7) is 9.09. The van der Waals surface area contributed by atoms with Crippen LogP contribution < -0.4 is 0 Å². The molecule has 2 rings (SSSR count). The molecule has 0 heterocycles.